The molecule has 0 aliphatic carbocycles. The summed E-state index contributed by atoms with van der Waals surface area (Å²) in [6.45, 7) is 1.27. The number of aliphatic carboxylic acids is 1. The van der Waals surface area contributed by atoms with Crippen molar-refractivity contribution in [2.45, 2.75) is 25.7 Å². The first-order valence-corrected chi connectivity index (χ1v) is 7.67. The van der Waals surface area contributed by atoms with Gasteiger partial charge in [0.25, 0.3) is 5.91 Å². The second kappa shape index (κ2) is 6.71. The first kappa shape index (κ1) is 16.2. The molecule has 1 unspecified atom stereocenters. The van der Waals surface area contributed by atoms with Crippen molar-refractivity contribution >= 4 is 35.1 Å². The lowest BCUT2D eigenvalue weighted by atomic mass is 9.93. The van der Waals surface area contributed by atoms with Gasteiger partial charge in [0, 0.05) is 26.6 Å². The largest absolute Gasteiger partial charge is 0.481 e. The van der Waals surface area contributed by atoms with Crippen molar-refractivity contribution in [2.24, 2.45) is 13.0 Å². The molecule has 0 spiro atoms. The number of halogens is 2. The van der Waals surface area contributed by atoms with Gasteiger partial charge < -0.3 is 14.6 Å². The van der Waals surface area contributed by atoms with Gasteiger partial charge in [0.15, 0.2) is 0 Å². The lowest BCUT2D eigenvalue weighted by molar-refractivity contribution is -0.137. The summed E-state index contributed by atoms with van der Waals surface area (Å²) in [6.07, 6.45) is 2.61. The predicted molar refractivity (Wildman–Crippen MR) is 80.9 cm³/mol. The van der Waals surface area contributed by atoms with Gasteiger partial charge >= 0.3 is 5.97 Å². The quantitative estimate of drug-likeness (QED) is 0.921. The molecule has 0 aromatic carbocycles. The molecule has 1 aliphatic rings. The molecule has 2 rings (SSSR count). The second-order valence-corrected chi connectivity index (χ2v) is 6.18. The van der Waals surface area contributed by atoms with Crippen LogP contribution in [0.25, 0.3) is 0 Å². The van der Waals surface area contributed by atoms with E-state index in [0.29, 0.717) is 35.4 Å². The Hall–Kier alpha value is -1.20. The van der Waals surface area contributed by atoms with Gasteiger partial charge in [-0.1, -0.05) is 23.2 Å². The van der Waals surface area contributed by atoms with E-state index in [-0.39, 0.29) is 18.2 Å². The maximum absolute atomic E-state index is 12.5. The summed E-state index contributed by atoms with van der Waals surface area (Å²) < 4.78 is 1.58. The molecule has 7 heteroatoms. The molecule has 1 N–H and O–H groups in total. The van der Waals surface area contributed by atoms with Crippen molar-refractivity contribution in [1.82, 2.24) is 9.47 Å². The number of aromatic nitrogens is 1. The van der Waals surface area contributed by atoms with Crippen LogP contribution >= 0.6 is 23.2 Å². The van der Waals surface area contributed by atoms with Crippen LogP contribution in [0.5, 0.6) is 0 Å². The van der Waals surface area contributed by atoms with Gasteiger partial charge in [0.05, 0.1) is 5.02 Å². The highest BCUT2D eigenvalue weighted by Gasteiger charge is 2.27. The SMILES string of the molecule is Cn1c(C(=O)N2CCCC(CCC(=O)O)C2)cc(Cl)c1Cl. The number of carbonyl (C=O) groups excluding carboxylic acids is 1. The third-order valence-corrected chi connectivity index (χ3v) is 4.75. The number of hydrogen-bond acceptors (Lipinski definition) is 2. The number of hydrogen-bond donors (Lipinski definition) is 1. The Bertz CT molecular complexity index is 557. The maximum atomic E-state index is 12.5. The van der Waals surface area contributed by atoms with Gasteiger partial charge in [-0.3, -0.25) is 9.59 Å². The standard InChI is InChI=1S/C14H18Cl2N2O3/c1-17-11(7-10(15)13(17)16)14(21)18-6-2-3-9(8-18)4-5-12(19)20/h7,9H,2-6,8H2,1H3,(H,19,20). The minimum absolute atomic E-state index is 0.105. The third kappa shape index (κ3) is 3.71. The molecular weight excluding hydrogens is 315 g/mol. The zero-order valence-electron chi connectivity index (χ0n) is 11.8. The molecule has 0 saturated carbocycles. The van der Waals surface area contributed by atoms with Crippen LogP contribution in [0.3, 0.4) is 0 Å². The van der Waals surface area contributed by atoms with Crippen molar-refractivity contribution in [3.63, 3.8) is 0 Å². The lowest BCUT2D eigenvalue weighted by Crippen LogP contribution is -2.40. The molecule has 116 valence electrons. The summed E-state index contributed by atoms with van der Waals surface area (Å²) in [7, 11) is 1.70. The zero-order chi connectivity index (χ0) is 15.6. The zero-order valence-corrected chi connectivity index (χ0v) is 13.3. The van der Waals surface area contributed by atoms with Crippen LogP contribution in [0.15, 0.2) is 6.07 Å². The highest BCUT2D eigenvalue weighted by Crippen LogP contribution is 2.28. The molecule has 5 nitrogen and oxygen atoms in total. The predicted octanol–water partition coefficient (Wildman–Crippen LogP) is 3.05. The summed E-state index contributed by atoms with van der Waals surface area (Å²) in [5.41, 5.74) is 0.462. The van der Waals surface area contributed by atoms with E-state index in [1.165, 1.54) is 0 Å². The number of carboxylic acid groups (broad SMARTS) is 1. The van der Waals surface area contributed by atoms with Gasteiger partial charge in [0.1, 0.15) is 10.8 Å². The molecule has 1 saturated heterocycles. The van der Waals surface area contributed by atoms with Crippen molar-refractivity contribution in [2.75, 3.05) is 13.1 Å². The first-order chi connectivity index (χ1) is 9.90. The molecule has 1 fully saturated rings. The smallest absolute Gasteiger partial charge is 0.303 e. The van der Waals surface area contributed by atoms with Crippen LogP contribution in [0.2, 0.25) is 10.2 Å². The number of nitrogens with zero attached hydrogens (tertiary/aromatic N) is 2. The van der Waals surface area contributed by atoms with Crippen molar-refractivity contribution in [1.29, 1.82) is 0 Å². The van der Waals surface area contributed by atoms with E-state index in [2.05, 4.69) is 0 Å². The van der Waals surface area contributed by atoms with E-state index in [1.807, 2.05) is 0 Å². The van der Waals surface area contributed by atoms with Gasteiger partial charge in [-0.05, 0) is 31.2 Å². The Labute approximate surface area is 133 Å². The Morgan fingerprint density at radius 2 is 2.14 bits per heavy atom. The van der Waals surface area contributed by atoms with E-state index in [4.69, 9.17) is 28.3 Å². The van der Waals surface area contributed by atoms with E-state index in [9.17, 15) is 9.59 Å². The van der Waals surface area contributed by atoms with Crippen LogP contribution in [-0.4, -0.2) is 39.5 Å². The van der Waals surface area contributed by atoms with Crippen LogP contribution in [0.4, 0.5) is 0 Å². The molecule has 1 amide bonds. The number of piperidine rings is 1. The molecule has 2 heterocycles. The summed E-state index contributed by atoms with van der Waals surface area (Å²) in [5.74, 6) is -0.657. The number of amides is 1. The topological polar surface area (TPSA) is 62.5 Å². The van der Waals surface area contributed by atoms with Crippen LogP contribution in [0.1, 0.15) is 36.2 Å². The summed E-state index contributed by atoms with van der Waals surface area (Å²) in [5, 5.41) is 9.46. The molecular formula is C14H18Cl2N2O3. The number of carbonyl (C=O) groups is 2. The normalized spacial score (nSPS) is 18.8. The van der Waals surface area contributed by atoms with Crippen LogP contribution < -0.4 is 0 Å². The molecule has 1 aliphatic heterocycles. The summed E-state index contributed by atoms with van der Waals surface area (Å²) in [6, 6.07) is 1.58. The second-order valence-electron chi connectivity index (χ2n) is 5.42. The highest BCUT2D eigenvalue weighted by atomic mass is 35.5. The fraction of sp³-hybridized carbons (Fsp3) is 0.571. The minimum atomic E-state index is -0.792. The van der Waals surface area contributed by atoms with Crippen molar-refractivity contribution in [3.05, 3.63) is 21.9 Å². The highest BCUT2D eigenvalue weighted by molar-refractivity contribution is 6.41. The summed E-state index contributed by atoms with van der Waals surface area (Å²) in [4.78, 5) is 25.0. The Morgan fingerprint density at radius 1 is 1.43 bits per heavy atom. The first-order valence-electron chi connectivity index (χ1n) is 6.92. The fourth-order valence-corrected chi connectivity index (χ4v) is 3.10. The van der Waals surface area contributed by atoms with E-state index in [0.717, 1.165) is 12.8 Å². The molecule has 0 bridgehead atoms. The Balaban J connectivity index is 2.05. The number of rotatable bonds is 4. The third-order valence-electron chi connectivity index (χ3n) is 3.91. The monoisotopic (exact) mass is 332 g/mol. The van der Waals surface area contributed by atoms with Gasteiger partial charge in [-0.25, -0.2) is 0 Å². The van der Waals surface area contributed by atoms with Crippen molar-refractivity contribution in [3.8, 4) is 0 Å². The molecule has 1 atom stereocenters. The van der Waals surface area contributed by atoms with Crippen molar-refractivity contribution < 1.29 is 14.7 Å². The molecule has 1 aromatic rings. The van der Waals surface area contributed by atoms with E-state index < -0.39 is 5.97 Å². The van der Waals surface area contributed by atoms with Gasteiger partial charge in [-0.15, -0.1) is 0 Å². The Morgan fingerprint density at radius 3 is 2.71 bits per heavy atom. The summed E-state index contributed by atoms with van der Waals surface area (Å²) >= 11 is 11.9. The minimum Gasteiger partial charge on any atom is -0.481 e. The molecule has 1 aromatic heterocycles. The fourth-order valence-electron chi connectivity index (χ4n) is 2.72. The average Bonchev–Trinajstić information content (AvgIpc) is 2.72. The number of likely N-dealkylation sites (tertiary alicyclic amines) is 1. The van der Waals surface area contributed by atoms with E-state index in [1.54, 1.807) is 22.6 Å². The van der Waals surface area contributed by atoms with Crippen LogP contribution in [-0.2, 0) is 11.8 Å². The maximum Gasteiger partial charge on any atom is 0.303 e. The van der Waals surface area contributed by atoms with Crippen LogP contribution in [0, 0.1) is 5.92 Å². The van der Waals surface area contributed by atoms with Gasteiger partial charge in [0.2, 0.25) is 0 Å². The molecule has 0 radical (unpaired) electrons. The average molecular weight is 333 g/mol. The lowest BCUT2D eigenvalue weighted by Gasteiger charge is -2.32. The van der Waals surface area contributed by atoms with Gasteiger partial charge in [-0.2, -0.15) is 0 Å². The molecule has 21 heavy (non-hydrogen) atoms. The van der Waals surface area contributed by atoms with E-state index >= 15 is 0 Å². The Kier molecular flexibility index (Phi) is 5.17. The number of carboxylic acids is 1.